The van der Waals surface area contributed by atoms with Crippen LogP contribution in [0.3, 0.4) is 0 Å². The van der Waals surface area contributed by atoms with E-state index in [1.165, 1.54) is 12.1 Å². The molecule has 0 spiro atoms. The largest absolute Gasteiger partial charge is 0.490 e. The molecule has 0 radical (unpaired) electrons. The summed E-state index contributed by atoms with van der Waals surface area (Å²) in [7, 11) is 0. The number of fused-ring (bicyclic) bond motifs is 1. The molecule has 1 aliphatic rings. The number of alkyl halides is 1. The number of rotatable bonds is 2. The van der Waals surface area contributed by atoms with Crippen LogP contribution in [0.1, 0.15) is 29.0 Å². The van der Waals surface area contributed by atoms with Crippen molar-refractivity contribution in [2.45, 2.75) is 24.8 Å². The fraction of sp³-hybridized carbons (Fsp3) is 0.250. The summed E-state index contributed by atoms with van der Waals surface area (Å²) in [5.41, 5.74) is 2.14. The zero-order valence-electron chi connectivity index (χ0n) is 10.9. The van der Waals surface area contributed by atoms with Gasteiger partial charge in [0.15, 0.2) is 0 Å². The quantitative estimate of drug-likeness (QED) is 0.735. The van der Waals surface area contributed by atoms with Gasteiger partial charge in [-0.2, -0.15) is 0 Å². The van der Waals surface area contributed by atoms with Crippen molar-refractivity contribution in [1.29, 1.82) is 0 Å². The molecule has 0 bridgehead atoms. The predicted octanol–water partition coefficient (Wildman–Crippen LogP) is 4.62. The molecule has 0 aliphatic carbocycles. The lowest BCUT2D eigenvalue weighted by Gasteiger charge is -2.12. The van der Waals surface area contributed by atoms with E-state index in [1.54, 1.807) is 0 Å². The van der Waals surface area contributed by atoms with E-state index in [1.807, 2.05) is 25.1 Å². The van der Waals surface area contributed by atoms with Gasteiger partial charge in [0.1, 0.15) is 23.5 Å². The molecule has 0 amide bonds. The Bertz CT molecular complexity index is 657. The third kappa shape index (κ3) is 2.38. The number of hydrogen-bond donors (Lipinski definition) is 0. The minimum Gasteiger partial charge on any atom is -0.490 e. The SMILES string of the molecule is CC1Cc2cc(C(Cl)c3ccc(F)cc3F)ccc2O1. The highest BCUT2D eigenvalue weighted by Gasteiger charge is 2.22. The molecule has 1 aliphatic heterocycles. The Kier molecular flexibility index (Phi) is 3.38. The summed E-state index contributed by atoms with van der Waals surface area (Å²) in [6.45, 7) is 2.00. The zero-order chi connectivity index (χ0) is 14.3. The molecule has 20 heavy (non-hydrogen) atoms. The molecule has 2 unspecified atom stereocenters. The molecular formula is C16H13ClF2O. The second kappa shape index (κ2) is 5.06. The average molecular weight is 295 g/mol. The van der Waals surface area contributed by atoms with Gasteiger partial charge in [0, 0.05) is 18.1 Å². The summed E-state index contributed by atoms with van der Waals surface area (Å²) in [5.74, 6) is -0.383. The Balaban J connectivity index is 1.95. The fourth-order valence-corrected chi connectivity index (χ4v) is 2.80. The highest BCUT2D eigenvalue weighted by Crippen LogP contribution is 2.36. The summed E-state index contributed by atoms with van der Waals surface area (Å²) >= 11 is 6.32. The van der Waals surface area contributed by atoms with Gasteiger partial charge in [-0.05, 0) is 30.2 Å². The Morgan fingerprint density at radius 3 is 2.75 bits per heavy atom. The van der Waals surface area contributed by atoms with E-state index in [0.29, 0.717) is 0 Å². The van der Waals surface area contributed by atoms with Crippen molar-refractivity contribution in [2.75, 3.05) is 0 Å². The third-order valence-corrected chi connectivity index (χ3v) is 3.94. The predicted molar refractivity (Wildman–Crippen MR) is 74.3 cm³/mol. The smallest absolute Gasteiger partial charge is 0.131 e. The molecule has 0 N–H and O–H groups in total. The molecule has 3 rings (SSSR count). The summed E-state index contributed by atoms with van der Waals surface area (Å²) < 4.78 is 32.3. The average Bonchev–Trinajstić information content (AvgIpc) is 2.77. The molecule has 1 heterocycles. The lowest BCUT2D eigenvalue weighted by atomic mass is 10.00. The van der Waals surface area contributed by atoms with Gasteiger partial charge in [-0.1, -0.05) is 18.2 Å². The van der Waals surface area contributed by atoms with E-state index in [-0.39, 0.29) is 11.7 Å². The molecule has 2 atom stereocenters. The van der Waals surface area contributed by atoms with Gasteiger partial charge < -0.3 is 4.74 Å². The summed E-state index contributed by atoms with van der Waals surface area (Å²) in [6, 6.07) is 9.05. The van der Waals surface area contributed by atoms with Gasteiger partial charge in [0.2, 0.25) is 0 Å². The maximum Gasteiger partial charge on any atom is 0.131 e. The standard InChI is InChI=1S/C16H13ClF2O/c1-9-6-11-7-10(2-5-15(11)20-9)16(17)13-4-3-12(18)8-14(13)19/h2-5,7-9,16H,6H2,1H3. The first kappa shape index (κ1) is 13.4. The second-order valence-corrected chi connectivity index (χ2v) is 5.46. The monoisotopic (exact) mass is 294 g/mol. The van der Waals surface area contributed by atoms with E-state index in [0.717, 1.165) is 29.4 Å². The van der Waals surface area contributed by atoms with Gasteiger partial charge in [0.25, 0.3) is 0 Å². The first-order chi connectivity index (χ1) is 9.54. The van der Waals surface area contributed by atoms with E-state index in [9.17, 15) is 8.78 Å². The highest BCUT2D eigenvalue weighted by atomic mass is 35.5. The van der Waals surface area contributed by atoms with Crippen molar-refractivity contribution in [1.82, 2.24) is 0 Å². The maximum absolute atomic E-state index is 13.8. The van der Waals surface area contributed by atoms with Crippen LogP contribution in [0, 0.1) is 11.6 Å². The molecule has 2 aromatic rings. The van der Waals surface area contributed by atoms with Crippen LogP contribution in [-0.2, 0) is 6.42 Å². The van der Waals surface area contributed by atoms with E-state index >= 15 is 0 Å². The topological polar surface area (TPSA) is 9.23 Å². The van der Waals surface area contributed by atoms with E-state index in [2.05, 4.69) is 0 Å². The summed E-state index contributed by atoms with van der Waals surface area (Å²) in [5, 5.41) is -0.642. The molecule has 0 saturated heterocycles. The van der Waals surface area contributed by atoms with Gasteiger partial charge >= 0.3 is 0 Å². The van der Waals surface area contributed by atoms with Crippen LogP contribution >= 0.6 is 11.6 Å². The minimum absolute atomic E-state index is 0.150. The van der Waals surface area contributed by atoms with Crippen LogP contribution in [0.2, 0.25) is 0 Å². The normalized spacial score (nSPS) is 18.5. The van der Waals surface area contributed by atoms with Crippen molar-refractivity contribution < 1.29 is 13.5 Å². The van der Waals surface area contributed by atoms with Gasteiger partial charge in [-0.15, -0.1) is 11.6 Å². The molecule has 4 heteroatoms. The van der Waals surface area contributed by atoms with Gasteiger partial charge in [0.05, 0.1) is 5.38 Å². The number of hydrogen-bond acceptors (Lipinski definition) is 1. The van der Waals surface area contributed by atoms with Crippen LogP contribution < -0.4 is 4.74 Å². The van der Waals surface area contributed by atoms with Gasteiger partial charge in [-0.25, -0.2) is 8.78 Å². The first-order valence-corrected chi connectivity index (χ1v) is 6.87. The number of ether oxygens (including phenoxy) is 1. The number of halogens is 3. The van der Waals surface area contributed by atoms with Crippen molar-refractivity contribution in [3.63, 3.8) is 0 Å². The molecule has 104 valence electrons. The Hall–Kier alpha value is -1.61. The van der Waals surface area contributed by atoms with Crippen LogP contribution in [0.4, 0.5) is 8.78 Å². The molecule has 0 saturated carbocycles. The minimum atomic E-state index is -0.642. The molecule has 1 nitrogen and oxygen atoms in total. The first-order valence-electron chi connectivity index (χ1n) is 6.43. The van der Waals surface area contributed by atoms with E-state index in [4.69, 9.17) is 16.3 Å². The van der Waals surface area contributed by atoms with Crippen LogP contribution in [0.5, 0.6) is 5.75 Å². The maximum atomic E-state index is 13.8. The van der Waals surface area contributed by atoms with Crippen LogP contribution in [0.15, 0.2) is 36.4 Å². The third-order valence-electron chi connectivity index (χ3n) is 3.45. The Morgan fingerprint density at radius 1 is 1.20 bits per heavy atom. The highest BCUT2D eigenvalue weighted by molar-refractivity contribution is 6.22. The van der Waals surface area contributed by atoms with E-state index < -0.39 is 17.0 Å². The second-order valence-electron chi connectivity index (χ2n) is 5.03. The Morgan fingerprint density at radius 2 is 2.00 bits per heavy atom. The summed E-state index contributed by atoms with van der Waals surface area (Å²) in [4.78, 5) is 0. The fourth-order valence-electron chi connectivity index (χ4n) is 2.49. The van der Waals surface area contributed by atoms with Crippen molar-refractivity contribution in [3.8, 4) is 5.75 Å². The molecule has 0 aromatic heterocycles. The molecule has 0 fully saturated rings. The lowest BCUT2D eigenvalue weighted by molar-refractivity contribution is 0.254. The van der Waals surface area contributed by atoms with Crippen LogP contribution in [0.25, 0.3) is 0 Å². The van der Waals surface area contributed by atoms with Crippen molar-refractivity contribution in [3.05, 3.63) is 64.7 Å². The van der Waals surface area contributed by atoms with Crippen molar-refractivity contribution >= 4 is 11.6 Å². The van der Waals surface area contributed by atoms with Crippen LogP contribution in [-0.4, -0.2) is 6.10 Å². The van der Waals surface area contributed by atoms with Crippen molar-refractivity contribution in [2.24, 2.45) is 0 Å². The van der Waals surface area contributed by atoms with Gasteiger partial charge in [-0.3, -0.25) is 0 Å². The number of benzene rings is 2. The molecule has 2 aromatic carbocycles. The lowest BCUT2D eigenvalue weighted by Crippen LogP contribution is -2.05. The zero-order valence-corrected chi connectivity index (χ0v) is 11.6. The Labute approximate surface area is 121 Å². The summed E-state index contributed by atoms with van der Waals surface area (Å²) in [6.07, 6.45) is 0.968. The molecular weight excluding hydrogens is 282 g/mol.